The van der Waals surface area contributed by atoms with E-state index in [0.29, 0.717) is 6.04 Å². The highest BCUT2D eigenvalue weighted by atomic mass is 79.9. The lowest BCUT2D eigenvalue weighted by atomic mass is 9.95. The molecule has 0 amide bonds. The highest BCUT2D eigenvalue weighted by Gasteiger charge is 2.18. The average molecular weight is 355 g/mol. The number of benzene rings is 1. The molecule has 1 N–H and O–H groups in total. The van der Waals surface area contributed by atoms with Gasteiger partial charge in [0.1, 0.15) is 0 Å². The number of hydrogen-bond donors (Lipinski definition) is 1. The standard InChI is InChI=1S/C15H17BrClN3/c16-13-10-11(17)6-7-14(13)19-15-18-8-9-20(15)12-4-2-1-3-5-12/h6-10,12H,1-5H2,(H,18,19). The summed E-state index contributed by atoms with van der Waals surface area (Å²) in [6, 6.07) is 6.30. The smallest absolute Gasteiger partial charge is 0.207 e. The Kier molecular flexibility index (Phi) is 4.32. The molecule has 5 heteroatoms. The molecule has 0 aliphatic heterocycles. The number of nitrogens with one attached hydrogen (secondary N) is 1. The molecule has 1 aromatic heterocycles. The molecule has 1 aromatic carbocycles. The van der Waals surface area contributed by atoms with Crippen molar-refractivity contribution < 1.29 is 0 Å². The Hall–Kier alpha value is -1.00. The minimum atomic E-state index is 0.569. The predicted molar refractivity (Wildman–Crippen MR) is 86.8 cm³/mol. The molecule has 0 bridgehead atoms. The molecule has 2 aromatic rings. The fourth-order valence-electron chi connectivity index (χ4n) is 2.78. The second-order valence-corrected chi connectivity index (χ2v) is 6.49. The zero-order valence-corrected chi connectivity index (χ0v) is 13.5. The summed E-state index contributed by atoms with van der Waals surface area (Å²) in [6.07, 6.45) is 10.4. The topological polar surface area (TPSA) is 29.9 Å². The maximum Gasteiger partial charge on any atom is 0.207 e. The van der Waals surface area contributed by atoms with Crippen LogP contribution in [-0.2, 0) is 0 Å². The molecule has 1 fully saturated rings. The highest BCUT2D eigenvalue weighted by molar-refractivity contribution is 9.10. The van der Waals surface area contributed by atoms with Gasteiger partial charge in [-0.2, -0.15) is 0 Å². The molecule has 1 heterocycles. The van der Waals surface area contributed by atoms with Crippen LogP contribution in [0.1, 0.15) is 38.1 Å². The van der Waals surface area contributed by atoms with Gasteiger partial charge in [0.2, 0.25) is 5.95 Å². The van der Waals surface area contributed by atoms with Crippen LogP contribution in [0.3, 0.4) is 0 Å². The first-order chi connectivity index (χ1) is 9.74. The Bertz CT molecular complexity index is 591. The van der Waals surface area contributed by atoms with Crippen molar-refractivity contribution in [3.8, 4) is 0 Å². The van der Waals surface area contributed by atoms with Gasteiger partial charge in [0, 0.05) is 27.9 Å². The quantitative estimate of drug-likeness (QED) is 0.783. The van der Waals surface area contributed by atoms with Crippen LogP contribution in [0.2, 0.25) is 5.02 Å². The van der Waals surface area contributed by atoms with Crippen molar-refractivity contribution in [1.29, 1.82) is 0 Å². The summed E-state index contributed by atoms with van der Waals surface area (Å²) in [5.74, 6) is 0.903. The van der Waals surface area contributed by atoms with Crippen LogP contribution in [0, 0.1) is 0 Å². The first-order valence-electron chi connectivity index (χ1n) is 6.99. The van der Waals surface area contributed by atoms with Gasteiger partial charge in [-0.15, -0.1) is 0 Å². The van der Waals surface area contributed by atoms with Crippen molar-refractivity contribution in [3.63, 3.8) is 0 Å². The molecule has 20 heavy (non-hydrogen) atoms. The minimum Gasteiger partial charge on any atom is -0.325 e. The van der Waals surface area contributed by atoms with Crippen molar-refractivity contribution in [3.05, 3.63) is 40.1 Å². The summed E-state index contributed by atoms with van der Waals surface area (Å²) in [6.45, 7) is 0. The normalized spacial score (nSPS) is 16.3. The van der Waals surface area contributed by atoms with Gasteiger partial charge < -0.3 is 9.88 Å². The summed E-state index contributed by atoms with van der Waals surface area (Å²) in [5, 5.41) is 4.11. The highest BCUT2D eigenvalue weighted by Crippen LogP contribution is 2.33. The van der Waals surface area contributed by atoms with Gasteiger partial charge in [0.25, 0.3) is 0 Å². The maximum atomic E-state index is 5.97. The molecule has 0 atom stereocenters. The summed E-state index contributed by atoms with van der Waals surface area (Å²) >= 11 is 9.50. The summed E-state index contributed by atoms with van der Waals surface area (Å²) in [7, 11) is 0. The van der Waals surface area contributed by atoms with E-state index in [1.807, 2.05) is 24.4 Å². The van der Waals surface area contributed by atoms with Crippen LogP contribution >= 0.6 is 27.5 Å². The lowest BCUT2D eigenvalue weighted by molar-refractivity contribution is 0.356. The SMILES string of the molecule is Clc1ccc(Nc2nccn2C2CCCCC2)c(Br)c1. The lowest BCUT2D eigenvalue weighted by Crippen LogP contribution is -2.14. The minimum absolute atomic E-state index is 0.569. The molecule has 1 saturated carbocycles. The average Bonchev–Trinajstić information content (AvgIpc) is 2.91. The molecular formula is C15H17BrClN3. The maximum absolute atomic E-state index is 5.97. The number of aromatic nitrogens is 2. The second-order valence-electron chi connectivity index (χ2n) is 5.20. The van der Waals surface area contributed by atoms with E-state index in [4.69, 9.17) is 11.6 Å². The zero-order valence-electron chi connectivity index (χ0n) is 11.1. The summed E-state index contributed by atoms with van der Waals surface area (Å²) in [5.41, 5.74) is 0.984. The van der Waals surface area contributed by atoms with E-state index >= 15 is 0 Å². The molecule has 0 saturated heterocycles. The third-order valence-electron chi connectivity index (χ3n) is 3.81. The van der Waals surface area contributed by atoms with Crippen LogP contribution in [0.5, 0.6) is 0 Å². The van der Waals surface area contributed by atoms with Gasteiger partial charge in [0.05, 0.1) is 5.69 Å². The van der Waals surface area contributed by atoms with Gasteiger partial charge in [-0.3, -0.25) is 0 Å². The Labute approximate surface area is 132 Å². The summed E-state index contributed by atoms with van der Waals surface area (Å²) in [4.78, 5) is 4.45. The Balaban J connectivity index is 1.82. The monoisotopic (exact) mass is 353 g/mol. The van der Waals surface area contributed by atoms with Crippen molar-refractivity contribution >= 4 is 39.2 Å². The van der Waals surface area contributed by atoms with Crippen LogP contribution < -0.4 is 5.32 Å². The van der Waals surface area contributed by atoms with E-state index in [9.17, 15) is 0 Å². The van der Waals surface area contributed by atoms with E-state index in [2.05, 4.69) is 37.0 Å². The van der Waals surface area contributed by atoms with Gasteiger partial charge in [0.15, 0.2) is 0 Å². The third-order valence-corrected chi connectivity index (χ3v) is 4.71. The number of halogens is 2. The summed E-state index contributed by atoms with van der Waals surface area (Å²) < 4.78 is 3.21. The Morgan fingerprint density at radius 1 is 1.25 bits per heavy atom. The van der Waals surface area contributed by atoms with Crippen LogP contribution in [0.4, 0.5) is 11.6 Å². The molecular weight excluding hydrogens is 338 g/mol. The molecule has 0 unspecified atom stereocenters. The van der Waals surface area contributed by atoms with E-state index in [1.165, 1.54) is 32.1 Å². The molecule has 1 aliphatic carbocycles. The van der Waals surface area contributed by atoms with Crippen LogP contribution in [-0.4, -0.2) is 9.55 Å². The first kappa shape index (κ1) is 14.0. The van der Waals surface area contributed by atoms with Crippen LogP contribution in [0.15, 0.2) is 35.1 Å². The van der Waals surface area contributed by atoms with Gasteiger partial charge in [-0.25, -0.2) is 4.98 Å². The molecule has 3 rings (SSSR count). The second kappa shape index (κ2) is 6.19. The molecule has 0 spiro atoms. The van der Waals surface area contributed by atoms with E-state index < -0.39 is 0 Å². The van der Waals surface area contributed by atoms with Crippen molar-refractivity contribution in [2.75, 3.05) is 5.32 Å². The number of anilines is 2. The third kappa shape index (κ3) is 3.01. The molecule has 0 radical (unpaired) electrons. The lowest BCUT2D eigenvalue weighted by Gasteiger charge is -2.25. The van der Waals surface area contributed by atoms with Gasteiger partial charge in [-0.05, 0) is 47.0 Å². The van der Waals surface area contributed by atoms with Crippen LogP contribution in [0.25, 0.3) is 0 Å². The predicted octanol–water partition coefficient (Wildman–Crippen LogP) is 5.55. The number of rotatable bonds is 3. The van der Waals surface area contributed by atoms with Crippen molar-refractivity contribution in [1.82, 2.24) is 9.55 Å². The van der Waals surface area contributed by atoms with E-state index in [0.717, 1.165) is 21.1 Å². The van der Waals surface area contributed by atoms with E-state index in [1.54, 1.807) is 0 Å². The van der Waals surface area contributed by atoms with E-state index in [-0.39, 0.29) is 0 Å². The zero-order chi connectivity index (χ0) is 13.9. The van der Waals surface area contributed by atoms with Gasteiger partial charge >= 0.3 is 0 Å². The number of hydrogen-bond acceptors (Lipinski definition) is 2. The Morgan fingerprint density at radius 2 is 2.05 bits per heavy atom. The fourth-order valence-corrected chi connectivity index (χ4v) is 3.56. The van der Waals surface area contributed by atoms with Crippen molar-refractivity contribution in [2.45, 2.75) is 38.1 Å². The largest absolute Gasteiger partial charge is 0.325 e. The van der Waals surface area contributed by atoms with Crippen molar-refractivity contribution in [2.24, 2.45) is 0 Å². The number of nitrogens with zero attached hydrogens (tertiary/aromatic N) is 2. The Morgan fingerprint density at radius 3 is 2.80 bits per heavy atom. The number of imidazole rings is 1. The fraction of sp³-hybridized carbons (Fsp3) is 0.400. The molecule has 1 aliphatic rings. The molecule has 3 nitrogen and oxygen atoms in total. The van der Waals surface area contributed by atoms with Gasteiger partial charge in [-0.1, -0.05) is 30.9 Å². The molecule has 106 valence electrons. The first-order valence-corrected chi connectivity index (χ1v) is 8.16.